The quantitative estimate of drug-likeness (QED) is 0.588. The van der Waals surface area contributed by atoms with Crippen LogP contribution in [-0.2, 0) is 0 Å². The molecule has 0 radical (unpaired) electrons. The molecule has 0 unspecified atom stereocenters. The summed E-state index contributed by atoms with van der Waals surface area (Å²) in [6.45, 7) is 0. The zero-order chi connectivity index (χ0) is 14.8. The smallest absolute Gasteiger partial charge is 0.133 e. The molecule has 0 saturated carbocycles. The van der Waals surface area contributed by atoms with Crippen LogP contribution >= 0.6 is 0 Å². The number of hydrogen-bond donors (Lipinski definition) is 0. The van der Waals surface area contributed by atoms with Gasteiger partial charge in [-0.3, -0.25) is 0 Å². The number of halogens is 3. The largest absolute Gasteiger partial charge is 0.207 e. The summed E-state index contributed by atoms with van der Waals surface area (Å²) in [7, 11) is 0. The third-order valence-electron chi connectivity index (χ3n) is 3.30. The SMILES string of the molecule is Fc1ccc(-c2ccc(-c3ccccc3)c(F)c2)c(F)c1. The Hall–Kier alpha value is -2.55. The molecule has 0 nitrogen and oxygen atoms in total. The topological polar surface area (TPSA) is 0 Å². The Morgan fingerprint density at radius 1 is 0.524 bits per heavy atom. The van der Waals surface area contributed by atoms with Crippen LogP contribution in [-0.4, -0.2) is 0 Å². The van der Waals surface area contributed by atoms with Gasteiger partial charge in [0.2, 0.25) is 0 Å². The molecule has 3 aromatic rings. The van der Waals surface area contributed by atoms with E-state index in [0.717, 1.165) is 17.7 Å². The van der Waals surface area contributed by atoms with Gasteiger partial charge in [0.1, 0.15) is 17.5 Å². The number of rotatable bonds is 2. The lowest BCUT2D eigenvalue weighted by atomic mass is 9.99. The van der Waals surface area contributed by atoms with E-state index in [0.29, 0.717) is 11.1 Å². The summed E-state index contributed by atoms with van der Waals surface area (Å²) in [6.07, 6.45) is 0. The van der Waals surface area contributed by atoms with Gasteiger partial charge in [-0.25, -0.2) is 13.2 Å². The van der Waals surface area contributed by atoms with Crippen LogP contribution in [0.5, 0.6) is 0 Å². The molecular weight excluding hydrogens is 273 g/mol. The summed E-state index contributed by atoms with van der Waals surface area (Å²) in [5.74, 6) is -1.80. The Bertz CT molecular complexity index is 780. The van der Waals surface area contributed by atoms with Gasteiger partial charge >= 0.3 is 0 Å². The number of benzene rings is 3. The predicted molar refractivity (Wildman–Crippen MR) is 77.2 cm³/mol. The zero-order valence-electron chi connectivity index (χ0n) is 11.0. The second-order valence-electron chi connectivity index (χ2n) is 4.68. The molecule has 0 aliphatic heterocycles. The average Bonchev–Trinajstić information content (AvgIpc) is 2.48. The van der Waals surface area contributed by atoms with Gasteiger partial charge in [0.15, 0.2) is 0 Å². The highest BCUT2D eigenvalue weighted by molar-refractivity contribution is 5.71. The first-order valence-electron chi connectivity index (χ1n) is 6.45. The van der Waals surface area contributed by atoms with E-state index in [1.807, 2.05) is 18.2 Å². The normalized spacial score (nSPS) is 10.6. The van der Waals surface area contributed by atoms with E-state index in [1.54, 1.807) is 24.3 Å². The summed E-state index contributed by atoms with van der Waals surface area (Å²) >= 11 is 0. The third-order valence-corrected chi connectivity index (χ3v) is 3.30. The van der Waals surface area contributed by atoms with Crippen molar-refractivity contribution in [1.82, 2.24) is 0 Å². The van der Waals surface area contributed by atoms with E-state index in [2.05, 4.69) is 0 Å². The van der Waals surface area contributed by atoms with Crippen molar-refractivity contribution >= 4 is 0 Å². The van der Waals surface area contributed by atoms with E-state index >= 15 is 0 Å². The Kier molecular flexibility index (Phi) is 3.48. The molecule has 0 amide bonds. The minimum atomic E-state index is -0.707. The molecule has 21 heavy (non-hydrogen) atoms. The van der Waals surface area contributed by atoms with E-state index in [-0.39, 0.29) is 5.56 Å². The van der Waals surface area contributed by atoms with Crippen LogP contribution < -0.4 is 0 Å². The molecule has 0 heterocycles. The molecule has 3 rings (SSSR count). The van der Waals surface area contributed by atoms with Crippen molar-refractivity contribution in [1.29, 1.82) is 0 Å². The van der Waals surface area contributed by atoms with Crippen molar-refractivity contribution in [2.75, 3.05) is 0 Å². The van der Waals surface area contributed by atoms with Crippen LogP contribution in [0.25, 0.3) is 22.3 Å². The first kappa shape index (κ1) is 13.4. The Morgan fingerprint density at radius 3 is 1.81 bits per heavy atom. The molecule has 0 saturated heterocycles. The van der Waals surface area contributed by atoms with Gasteiger partial charge in [0.25, 0.3) is 0 Å². The second-order valence-corrected chi connectivity index (χ2v) is 4.68. The minimum absolute atomic E-state index is 0.176. The molecule has 0 aromatic heterocycles. The summed E-state index contributed by atoms with van der Waals surface area (Å²) in [5, 5.41) is 0. The molecule has 0 aliphatic carbocycles. The molecule has 0 atom stereocenters. The average molecular weight is 284 g/mol. The maximum atomic E-state index is 14.2. The Balaban J connectivity index is 2.06. The minimum Gasteiger partial charge on any atom is -0.207 e. The fourth-order valence-corrected chi connectivity index (χ4v) is 2.26. The Labute approximate surface area is 120 Å². The van der Waals surface area contributed by atoms with Crippen LogP contribution in [0.15, 0.2) is 66.7 Å². The van der Waals surface area contributed by atoms with Gasteiger partial charge in [0, 0.05) is 17.2 Å². The lowest BCUT2D eigenvalue weighted by molar-refractivity contribution is 0.585. The van der Waals surface area contributed by atoms with Crippen molar-refractivity contribution in [3.63, 3.8) is 0 Å². The third kappa shape index (κ3) is 2.68. The molecule has 0 spiro atoms. The molecule has 3 aromatic carbocycles. The predicted octanol–water partition coefficient (Wildman–Crippen LogP) is 5.44. The standard InChI is InChI=1S/C18H11F3/c19-14-7-9-16(18(21)11-14)13-6-8-15(17(20)10-13)12-4-2-1-3-5-12/h1-11H. The van der Waals surface area contributed by atoms with Gasteiger partial charge in [-0.1, -0.05) is 42.5 Å². The fraction of sp³-hybridized carbons (Fsp3) is 0. The summed E-state index contributed by atoms with van der Waals surface area (Å²) in [5.41, 5.74) is 1.75. The van der Waals surface area contributed by atoms with Gasteiger partial charge in [-0.15, -0.1) is 0 Å². The summed E-state index contributed by atoms with van der Waals surface area (Å²) < 4.78 is 40.9. The van der Waals surface area contributed by atoms with Gasteiger partial charge < -0.3 is 0 Å². The second kappa shape index (κ2) is 5.44. The van der Waals surface area contributed by atoms with Crippen LogP contribution in [0.4, 0.5) is 13.2 Å². The van der Waals surface area contributed by atoms with Crippen LogP contribution in [0.3, 0.4) is 0 Å². The summed E-state index contributed by atoms with van der Waals surface area (Å²) in [4.78, 5) is 0. The lowest BCUT2D eigenvalue weighted by Gasteiger charge is -2.08. The highest BCUT2D eigenvalue weighted by atomic mass is 19.1. The maximum Gasteiger partial charge on any atom is 0.133 e. The van der Waals surface area contributed by atoms with Crippen LogP contribution in [0, 0.1) is 17.5 Å². The van der Waals surface area contributed by atoms with Crippen molar-refractivity contribution in [2.45, 2.75) is 0 Å². The van der Waals surface area contributed by atoms with E-state index < -0.39 is 17.5 Å². The zero-order valence-corrected chi connectivity index (χ0v) is 11.0. The molecule has 0 bridgehead atoms. The fourth-order valence-electron chi connectivity index (χ4n) is 2.26. The van der Waals surface area contributed by atoms with E-state index in [4.69, 9.17) is 0 Å². The van der Waals surface area contributed by atoms with E-state index in [1.165, 1.54) is 12.1 Å². The van der Waals surface area contributed by atoms with E-state index in [9.17, 15) is 13.2 Å². The van der Waals surface area contributed by atoms with Crippen LogP contribution in [0.2, 0.25) is 0 Å². The van der Waals surface area contributed by atoms with Gasteiger partial charge in [-0.2, -0.15) is 0 Å². The monoisotopic (exact) mass is 284 g/mol. The van der Waals surface area contributed by atoms with Crippen molar-refractivity contribution in [2.24, 2.45) is 0 Å². The molecule has 3 heteroatoms. The van der Waals surface area contributed by atoms with Crippen LogP contribution in [0.1, 0.15) is 0 Å². The molecule has 0 aliphatic rings. The maximum absolute atomic E-state index is 14.2. The summed E-state index contributed by atoms with van der Waals surface area (Å²) in [6, 6.07) is 16.8. The first-order valence-corrected chi connectivity index (χ1v) is 6.45. The van der Waals surface area contributed by atoms with Gasteiger partial charge in [0.05, 0.1) is 0 Å². The highest BCUT2D eigenvalue weighted by Gasteiger charge is 2.10. The molecule has 104 valence electrons. The Morgan fingerprint density at radius 2 is 1.14 bits per heavy atom. The highest BCUT2D eigenvalue weighted by Crippen LogP contribution is 2.29. The van der Waals surface area contributed by atoms with Gasteiger partial charge in [-0.05, 0) is 29.3 Å². The van der Waals surface area contributed by atoms with Crippen molar-refractivity contribution in [3.05, 3.63) is 84.2 Å². The first-order chi connectivity index (χ1) is 10.1. The number of hydrogen-bond acceptors (Lipinski definition) is 0. The molecule has 0 fully saturated rings. The lowest BCUT2D eigenvalue weighted by Crippen LogP contribution is -1.89. The van der Waals surface area contributed by atoms with Crippen molar-refractivity contribution in [3.8, 4) is 22.3 Å². The molecule has 0 N–H and O–H groups in total. The molecular formula is C18H11F3. The van der Waals surface area contributed by atoms with Crippen molar-refractivity contribution < 1.29 is 13.2 Å².